The van der Waals surface area contributed by atoms with Crippen molar-refractivity contribution in [2.24, 2.45) is 0 Å². The summed E-state index contributed by atoms with van der Waals surface area (Å²) in [5.74, 6) is -0.150. The maximum atomic E-state index is 13.2. The van der Waals surface area contributed by atoms with Gasteiger partial charge in [-0.05, 0) is 26.0 Å². The summed E-state index contributed by atoms with van der Waals surface area (Å²) in [5.41, 5.74) is 1.40. The van der Waals surface area contributed by atoms with Crippen molar-refractivity contribution < 1.29 is 23.9 Å². The molecule has 2 aromatic rings. The Hall–Kier alpha value is -3.15. The molecule has 0 saturated carbocycles. The third-order valence-electron chi connectivity index (χ3n) is 4.28. The van der Waals surface area contributed by atoms with Crippen molar-refractivity contribution in [2.75, 3.05) is 18.5 Å². The third-order valence-corrected chi connectivity index (χ3v) is 4.28. The average molecular weight is 367 g/mol. The fourth-order valence-electron chi connectivity index (χ4n) is 3.12. The maximum Gasteiger partial charge on any atom is 0.224 e. The van der Waals surface area contributed by atoms with Crippen LogP contribution in [-0.4, -0.2) is 30.7 Å². The highest BCUT2D eigenvalue weighted by Gasteiger charge is 2.35. The van der Waals surface area contributed by atoms with E-state index in [1.54, 1.807) is 38.1 Å². The standard InChI is InChI=1S/C21H21NO5/c1-4-17(23)22-12-10-14-19(16(11-12)27-6-3)21(25)18-13(20(14)24)8-7-9-15(18)26-5-2/h7-11H,4-6H2,1-3H3,(H,22,23). The van der Waals surface area contributed by atoms with Gasteiger partial charge in [-0.3, -0.25) is 14.4 Å². The Morgan fingerprint density at radius 3 is 2.22 bits per heavy atom. The molecule has 0 atom stereocenters. The number of nitrogens with one attached hydrogen (secondary N) is 1. The van der Waals surface area contributed by atoms with Crippen LogP contribution in [0.15, 0.2) is 30.3 Å². The van der Waals surface area contributed by atoms with Crippen LogP contribution in [-0.2, 0) is 4.79 Å². The summed E-state index contributed by atoms with van der Waals surface area (Å²) in [6.07, 6.45) is 0.300. The van der Waals surface area contributed by atoms with Gasteiger partial charge in [0.15, 0.2) is 5.78 Å². The lowest BCUT2D eigenvalue weighted by atomic mass is 9.82. The van der Waals surface area contributed by atoms with Crippen molar-refractivity contribution in [3.8, 4) is 11.5 Å². The zero-order chi connectivity index (χ0) is 19.6. The van der Waals surface area contributed by atoms with Gasteiger partial charge in [0.2, 0.25) is 11.7 Å². The van der Waals surface area contributed by atoms with E-state index in [0.29, 0.717) is 36.6 Å². The van der Waals surface area contributed by atoms with Crippen molar-refractivity contribution in [3.05, 3.63) is 52.6 Å². The number of hydrogen-bond donors (Lipinski definition) is 1. The SMILES string of the molecule is CCOc1cccc2c1C(=O)c1c(OCC)cc(NC(=O)CC)cc1C2=O. The van der Waals surface area contributed by atoms with Crippen LogP contribution in [0, 0.1) is 0 Å². The van der Waals surface area contributed by atoms with Crippen molar-refractivity contribution in [1.29, 1.82) is 0 Å². The van der Waals surface area contributed by atoms with Gasteiger partial charge in [0.25, 0.3) is 0 Å². The van der Waals surface area contributed by atoms with Gasteiger partial charge >= 0.3 is 0 Å². The van der Waals surface area contributed by atoms with E-state index in [2.05, 4.69) is 5.32 Å². The van der Waals surface area contributed by atoms with E-state index < -0.39 is 0 Å². The van der Waals surface area contributed by atoms with Crippen LogP contribution in [0.2, 0.25) is 0 Å². The molecule has 0 fully saturated rings. The molecule has 6 nitrogen and oxygen atoms in total. The molecular formula is C21H21NO5. The average Bonchev–Trinajstić information content (AvgIpc) is 2.66. The number of amides is 1. The lowest BCUT2D eigenvalue weighted by Crippen LogP contribution is -2.23. The van der Waals surface area contributed by atoms with E-state index in [1.165, 1.54) is 6.07 Å². The fourth-order valence-corrected chi connectivity index (χ4v) is 3.12. The number of carbonyl (C=O) groups excluding carboxylic acids is 3. The Labute approximate surface area is 157 Å². The monoisotopic (exact) mass is 367 g/mol. The first-order valence-corrected chi connectivity index (χ1v) is 8.97. The fraction of sp³-hybridized carbons (Fsp3) is 0.286. The van der Waals surface area contributed by atoms with Gasteiger partial charge in [0, 0.05) is 29.3 Å². The van der Waals surface area contributed by atoms with E-state index >= 15 is 0 Å². The van der Waals surface area contributed by atoms with Gasteiger partial charge < -0.3 is 14.8 Å². The topological polar surface area (TPSA) is 81.7 Å². The van der Waals surface area contributed by atoms with Gasteiger partial charge in [-0.1, -0.05) is 19.1 Å². The number of carbonyl (C=O) groups is 3. The molecule has 1 aliphatic rings. The Morgan fingerprint density at radius 1 is 0.889 bits per heavy atom. The first-order valence-electron chi connectivity index (χ1n) is 8.97. The highest BCUT2D eigenvalue weighted by atomic mass is 16.5. The minimum atomic E-state index is -0.319. The zero-order valence-electron chi connectivity index (χ0n) is 15.5. The molecule has 1 N–H and O–H groups in total. The molecule has 1 amide bonds. The quantitative estimate of drug-likeness (QED) is 0.720. The predicted octanol–water partition coefficient (Wildman–Crippen LogP) is 3.61. The molecule has 0 radical (unpaired) electrons. The molecule has 1 aliphatic carbocycles. The summed E-state index contributed by atoms with van der Waals surface area (Å²) in [4.78, 5) is 38.1. The van der Waals surface area contributed by atoms with Gasteiger partial charge in [0.1, 0.15) is 11.5 Å². The molecule has 27 heavy (non-hydrogen) atoms. The lowest BCUT2D eigenvalue weighted by molar-refractivity contribution is -0.115. The Morgan fingerprint density at radius 2 is 1.56 bits per heavy atom. The van der Waals surface area contributed by atoms with Crippen LogP contribution in [0.3, 0.4) is 0 Å². The molecule has 0 unspecified atom stereocenters. The molecule has 0 saturated heterocycles. The largest absolute Gasteiger partial charge is 0.493 e. The van der Waals surface area contributed by atoms with E-state index in [9.17, 15) is 14.4 Å². The number of anilines is 1. The minimum Gasteiger partial charge on any atom is -0.493 e. The van der Waals surface area contributed by atoms with Crippen molar-refractivity contribution in [3.63, 3.8) is 0 Å². The van der Waals surface area contributed by atoms with E-state index in [0.717, 1.165) is 0 Å². The van der Waals surface area contributed by atoms with Crippen LogP contribution in [0.25, 0.3) is 0 Å². The van der Waals surface area contributed by atoms with E-state index in [1.807, 2.05) is 6.92 Å². The third kappa shape index (κ3) is 3.30. The number of fused-ring (bicyclic) bond motifs is 2. The lowest BCUT2D eigenvalue weighted by Gasteiger charge is -2.23. The molecule has 140 valence electrons. The van der Waals surface area contributed by atoms with Crippen molar-refractivity contribution in [2.45, 2.75) is 27.2 Å². The molecule has 0 heterocycles. The summed E-state index contributed by atoms with van der Waals surface area (Å²) in [6.45, 7) is 6.04. The van der Waals surface area contributed by atoms with Crippen LogP contribution in [0.1, 0.15) is 59.0 Å². The van der Waals surface area contributed by atoms with Gasteiger partial charge in [0.05, 0.1) is 24.3 Å². The van der Waals surface area contributed by atoms with Crippen LogP contribution in [0.5, 0.6) is 11.5 Å². The molecule has 0 aliphatic heterocycles. The highest BCUT2D eigenvalue weighted by Crippen LogP contribution is 2.39. The second-order valence-corrected chi connectivity index (χ2v) is 6.00. The molecule has 6 heteroatoms. The number of ketones is 2. The molecule has 3 rings (SSSR count). The predicted molar refractivity (Wildman–Crippen MR) is 101 cm³/mol. The van der Waals surface area contributed by atoms with E-state index in [4.69, 9.17) is 9.47 Å². The Bertz CT molecular complexity index is 932. The second-order valence-electron chi connectivity index (χ2n) is 6.00. The minimum absolute atomic E-state index is 0.189. The smallest absolute Gasteiger partial charge is 0.224 e. The zero-order valence-corrected chi connectivity index (χ0v) is 15.5. The van der Waals surface area contributed by atoms with Crippen molar-refractivity contribution >= 4 is 23.2 Å². The Kier molecular flexibility index (Phi) is 5.26. The molecule has 2 aromatic carbocycles. The molecule has 0 bridgehead atoms. The van der Waals surface area contributed by atoms with Gasteiger partial charge in [-0.25, -0.2) is 0 Å². The number of benzene rings is 2. The first-order chi connectivity index (χ1) is 13.0. The number of hydrogen-bond acceptors (Lipinski definition) is 5. The first kappa shape index (κ1) is 18.6. The van der Waals surface area contributed by atoms with Gasteiger partial charge in [-0.2, -0.15) is 0 Å². The normalized spacial score (nSPS) is 12.3. The van der Waals surface area contributed by atoms with Crippen molar-refractivity contribution in [1.82, 2.24) is 0 Å². The summed E-state index contributed by atoms with van der Waals surface area (Å²) in [5, 5.41) is 2.72. The maximum absolute atomic E-state index is 13.2. The van der Waals surface area contributed by atoms with Crippen LogP contribution in [0.4, 0.5) is 5.69 Å². The molecule has 0 aromatic heterocycles. The molecular weight excluding hydrogens is 346 g/mol. The summed E-state index contributed by atoms with van der Waals surface area (Å²) in [6, 6.07) is 8.08. The van der Waals surface area contributed by atoms with Crippen LogP contribution >= 0.6 is 0 Å². The number of rotatable bonds is 6. The Balaban J connectivity index is 2.20. The van der Waals surface area contributed by atoms with Crippen LogP contribution < -0.4 is 14.8 Å². The number of ether oxygens (including phenoxy) is 2. The summed E-state index contributed by atoms with van der Waals surface area (Å²) < 4.78 is 11.2. The molecule has 0 spiro atoms. The summed E-state index contributed by atoms with van der Waals surface area (Å²) in [7, 11) is 0. The highest BCUT2D eigenvalue weighted by molar-refractivity contribution is 6.30. The van der Waals surface area contributed by atoms with Gasteiger partial charge in [-0.15, -0.1) is 0 Å². The summed E-state index contributed by atoms with van der Waals surface area (Å²) >= 11 is 0. The second kappa shape index (κ2) is 7.61. The van der Waals surface area contributed by atoms with E-state index in [-0.39, 0.29) is 39.9 Å².